The van der Waals surface area contributed by atoms with Crippen molar-refractivity contribution >= 4 is 27.7 Å². The van der Waals surface area contributed by atoms with Crippen molar-refractivity contribution in [2.24, 2.45) is 11.7 Å². The summed E-state index contributed by atoms with van der Waals surface area (Å²) in [7, 11) is 0. The van der Waals surface area contributed by atoms with Gasteiger partial charge < -0.3 is 5.73 Å². The lowest BCUT2D eigenvalue weighted by atomic mass is 10.2. The highest BCUT2D eigenvalue weighted by atomic mass is 79.9. The first-order chi connectivity index (χ1) is 7.17. The standard InChI is InChI=1S/C12H18BrNS/c1-3-9(2)8-15-11-5-4-10(7-14)12(13)6-11/h4-6,9H,3,7-8,14H2,1-2H3. The quantitative estimate of drug-likeness (QED) is 0.827. The molecule has 0 fully saturated rings. The molecule has 2 N–H and O–H groups in total. The molecule has 0 aliphatic carbocycles. The minimum Gasteiger partial charge on any atom is -0.326 e. The molecule has 1 atom stereocenters. The Balaban J connectivity index is 2.59. The molecule has 84 valence electrons. The highest BCUT2D eigenvalue weighted by molar-refractivity contribution is 9.10. The van der Waals surface area contributed by atoms with Crippen molar-refractivity contribution in [2.75, 3.05) is 5.75 Å². The molecule has 0 aromatic heterocycles. The largest absolute Gasteiger partial charge is 0.326 e. The van der Waals surface area contributed by atoms with Gasteiger partial charge in [-0.1, -0.05) is 42.3 Å². The molecule has 1 aromatic rings. The monoisotopic (exact) mass is 287 g/mol. The molecule has 0 radical (unpaired) electrons. The normalized spacial score (nSPS) is 12.8. The molecule has 0 spiro atoms. The molecular formula is C12H18BrNS. The summed E-state index contributed by atoms with van der Waals surface area (Å²) in [5.41, 5.74) is 6.78. The molecule has 0 saturated heterocycles. The van der Waals surface area contributed by atoms with E-state index in [0.717, 1.165) is 10.4 Å². The Morgan fingerprint density at radius 3 is 2.73 bits per heavy atom. The van der Waals surface area contributed by atoms with E-state index in [4.69, 9.17) is 5.73 Å². The fraction of sp³-hybridized carbons (Fsp3) is 0.500. The highest BCUT2D eigenvalue weighted by Gasteiger charge is 2.03. The van der Waals surface area contributed by atoms with Gasteiger partial charge in [0, 0.05) is 21.7 Å². The third-order valence-electron chi connectivity index (χ3n) is 2.48. The van der Waals surface area contributed by atoms with Crippen molar-refractivity contribution in [3.63, 3.8) is 0 Å². The predicted molar refractivity (Wildman–Crippen MR) is 72.2 cm³/mol. The molecule has 0 amide bonds. The molecule has 1 unspecified atom stereocenters. The van der Waals surface area contributed by atoms with Crippen LogP contribution in [0.25, 0.3) is 0 Å². The molecule has 15 heavy (non-hydrogen) atoms. The molecule has 0 heterocycles. The lowest BCUT2D eigenvalue weighted by Crippen LogP contribution is -1.98. The first kappa shape index (κ1) is 13.1. The van der Waals surface area contributed by atoms with Gasteiger partial charge in [-0.3, -0.25) is 0 Å². The number of hydrogen-bond acceptors (Lipinski definition) is 2. The van der Waals surface area contributed by atoms with Gasteiger partial charge in [0.05, 0.1) is 0 Å². The molecule has 1 rings (SSSR count). The molecule has 0 bridgehead atoms. The first-order valence-corrected chi connectivity index (χ1v) is 7.06. The van der Waals surface area contributed by atoms with Gasteiger partial charge in [0.1, 0.15) is 0 Å². The topological polar surface area (TPSA) is 26.0 Å². The number of nitrogens with two attached hydrogens (primary N) is 1. The summed E-state index contributed by atoms with van der Waals surface area (Å²) < 4.78 is 1.12. The fourth-order valence-corrected chi connectivity index (χ4v) is 2.91. The van der Waals surface area contributed by atoms with E-state index in [1.54, 1.807) is 0 Å². The average Bonchev–Trinajstić information content (AvgIpc) is 2.26. The van der Waals surface area contributed by atoms with Crippen LogP contribution < -0.4 is 5.73 Å². The van der Waals surface area contributed by atoms with Crippen molar-refractivity contribution in [2.45, 2.75) is 31.7 Å². The molecule has 0 saturated carbocycles. The number of rotatable bonds is 5. The average molecular weight is 288 g/mol. The summed E-state index contributed by atoms with van der Waals surface area (Å²) in [6, 6.07) is 6.41. The van der Waals surface area contributed by atoms with Crippen LogP contribution >= 0.6 is 27.7 Å². The summed E-state index contributed by atoms with van der Waals surface area (Å²) >= 11 is 5.45. The van der Waals surface area contributed by atoms with E-state index < -0.39 is 0 Å². The van der Waals surface area contributed by atoms with Gasteiger partial charge >= 0.3 is 0 Å². The van der Waals surface area contributed by atoms with Crippen LogP contribution in [-0.4, -0.2) is 5.75 Å². The maximum Gasteiger partial charge on any atom is 0.0231 e. The Morgan fingerprint density at radius 2 is 2.20 bits per heavy atom. The molecular weight excluding hydrogens is 270 g/mol. The summed E-state index contributed by atoms with van der Waals surface area (Å²) in [4.78, 5) is 1.32. The summed E-state index contributed by atoms with van der Waals surface area (Å²) in [5.74, 6) is 1.97. The van der Waals surface area contributed by atoms with Crippen molar-refractivity contribution in [1.29, 1.82) is 0 Å². The zero-order valence-corrected chi connectivity index (χ0v) is 11.7. The number of benzene rings is 1. The molecule has 0 aliphatic heterocycles. The Morgan fingerprint density at radius 1 is 1.47 bits per heavy atom. The number of hydrogen-bond donors (Lipinski definition) is 1. The van der Waals surface area contributed by atoms with Crippen molar-refractivity contribution in [1.82, 2.24) is 0 Å². The lowest BCUT2D eigenvalue weighted by Gasteiger charge is -2.09. The van der Waals surface area contributed by atoms with Gasteiger partial charge in [-0.2, -0.15) is 0 Å². The summed E-state index contributed by atoms with van der Waals surface area (Å²) in [5, 5.41) is 0. The SMILES string of the molecule is CCC(C)CSc1ccc(CN)c(Br)c1. The van der Waals surface area contributed by atoms with Crippen LogP contribution in [0.2, 0.25) is 0 Å². The zero-order valence-electron chi connectivity index (χ0n) is 9.29. The van der Waals surface area contributed by atoms with Gasteiger partial charge in [-0.25, -0.2) is 0 Å². The van der Waals surface area contributed by atoms with Crippen LogP contribution in [0, 0.1) is 5.92 Å². The Labute approximate surface area is 105 Å². The minimum absolute atomic E-state index is 0.594. The van der Waals surface area contributed by atoms with Crippen LogP contribution in [-0.2, 0) is 6.54 Å². The van der Waals surface area contributed by atoms with Crippen LogP contribution in [0.5, 0.6) is 0 Å². The van der Waals surface area contributed by atoms with Crippen molar-refractivity contribution in [3.05, 3.63) is 28.2 Å². The van der Waals surface area contributed by atoms with E-state index in [9.17, 15) is 0 Å². The van der Waals surface area contributed by atoms with Crippen LogP contribution in [0.4, 0.5) is 0 Å². The van der Waals surface area contributed by atoms with E-state index in [-0.39, 0.29) is 0 Å². The maximum absolute atomic E-state index is 5.61. The van der Waals surface area contributed by atoms with E-state index in [1.165, 1.54) is 22.6 Å². The molecule has 3 heteroatoms. The second kappa shape index (κ2) is 6.56. The second-order valence-corrected chi connectivity index (χ2v) is 5.73. The molecule has 1 nitrogen and oxygen atoms in total. The highest BCUT2D eigenvalue weighted by Crippen LogP contribution is 2.27. The minimum atomic E-state index is 0.594. The molecule has 1 aromatic carbocycles. The zero-order chi connectivity index (χ0) is 11.3. The Bertz CT molecular complexity index is 314. The third kappa shape index (κ3) is 4.17. The Kier molecular flexibility index (Phi) is 5.72. The van der Waals surface area contributed by atoms with Gasteiger partial charge in [0.15, 0.2) is 0 Å². The van der Waals surface area contributed by atoms with Gasteiger partial charge in [0.25, 0.3) is 0 Å². The smallest absolute Gasteiger partial charge is 0.0231 e. The van der Waals surface area contributed by atoms with E-state index >= 15 is 0 Å². The van der Waals surface area contributed by atoms with E-state index in [0.29, 0.717) is 6.54 Å². The maximum atomic E-state index is 5.61. The van der Waals surface area contributed by atoms with Crippen LogP contribution in [0.3, 0.4) is 0 Å². The Hall–Kier alpha value is 0.01000. The van der Waals surface area contributed by atoms with E-state index in [2.05, 4.69) is 48.0 Å². The van der Waals surface area contributed by atoms with Crippen molar-refractivity contribution in [3.8, 4) is 0 Å². The number of halogens is 1. The molecule has 0 aliphatic rings. The van der Waals surface area contributed by atoms with E-state index in [1.807, 2.05) is 11.8 Å². The lowest BCUT2D eigenvalue weighted by molar-refractivity contribution is 0.637. The van der Waals surface area contributed by atoms with Gasteiger partial charge in [-0.05, 0) is 23.6 Å². The second-order valence-electron chi connectivity index (χ2n) is 3.78. The fourth-order valence-electron chi connectivity index (χ4n) is 1.14. The van der Waals surface area contributed by atoms with Crippen LogP contribution in [0.1, 0.15) is 25.8 Å². The van der Waals surface area contributed by atoms with Crippen molar-refractivity contribution < 1.29 is 0 Å². The predicted octanol–water partition coefficient (Wildman–Crippen LogP) is 4.05. The van der Waals surface area contributed by atoms with Gasteiger partial charge in [-0.15, -0.1) is 11.8 Å². The number of thioether (sulfide) groups is 1. The summed E-state index contributed by atoms with van der Waals surface area (Å²) in [6.07, 6.45) is 1.25. The van der Waals surface area contributed by atoms with Crippen LogP contribution in [0.15, 0.2) is 27.6 Å². The summed E-state index contributed by atoms with van der Waals surface area (Å²) in [6.45, 7) is 5.12. The van der Waals surface area contributed by atoms with Gasteiger partial charge in [0.2, 0.25) is 0 Å². The third-order valence-corrected chi connectivity index (χ3v) is 4.54. The first-order valence-electron chi connectivity index (χ1n) is 5.28.